The number of benzene rings is 1. The molecule has 0 atom stereocenters. The Kier molecular flexibility index (Phi) is 4.05. The van der Waals surface area contributed by atoms with Crippen LogP contribution in [0.1, 0.15) is 50.3 Å². The van der Waals surface area contributed by atoms with E-state index in [1.807, 2.05) is 19.9 Å². The average molecular weight is 215 g/mol. The first-order valence-electron chi connectivity index (χ1n) is 5.74. The lowest BCUT2D eigenvalue weighted by molar-refractivity contribution is 0.856. The van der Waals surface area contributed by atoms with Crippen LogP contribution in [0.5, 0.6) is 0 Å². The summed E-state index contributed by atoms with van der Waals surface area (Å²) in [5.74, 6) is 0.532. The van der Waals surface area contributed by atoms with E-state index in [2.05, 4.69) is 44.5 Å². The van der Waals surface area contributed by atoms with Crippen LogP contribution < -0.4 is 0 Å². The Morgan fingerprint density at radius 3 is 2.38 bits per heavy atom. The lowest BCUT2D eigenvalue weighted by Gasteiger charge is -2.13. The second kappa shape index (κ2) is 5.11. The van der Waals surface area contributed by atoms with Crippen LogP contribution in [-0.4, -0.2) is 5.71 Å². The lowest BCUT2D eigenvalue weighted by atomic mass is 9.95. The van der Waals surface area contributed by atoms with Crippen molar-refractivity contribution in [1.29, 1.82) is 0 Å². The van der Waals surface area contributed by atoms with E-state index >= 15 is 0 Å². The summed E-state index contributed by atoms with van der Waals surface area (Å²) in [6, 6.07) is 4.36. The van der Waals surface area contributed by atoms with Crippen molar-refractivity contribution in [2.75, 3.05) is 0 Å². The van der Waals surface area contributed by atoms with Gasteiger partial charge in [0, 0.05) is 5.71 Å². The maximum atomic E-state index is 4.56. The van der Waals surface area contributed by atoms with Crippen molar-refractivity contribution in [3.05, 3.63) is 35.4 Å². The van der Waals surface area contributed by atoms with E-state index < -0.39 is 0 Å². The van der Waals surface area contributed by atoms with E-state index in [0.29, 0.717) is 5.92 Å². The topological polar surface area (TPSA) is 12.4 Å². The summed E-state index contributed by atoms with van der Waals surface area (Å²) in [7, 11) is 0. The predicted octanol–water partition coefficient (Wildman–Crippen LogP) is 4.87. The van der Waals surface area contributed by atoms with Crippen LogP contribution in [0.4, 0.5) is 5.69 Å². The molecule has 1 aromatic carbocycles. The van der Waals surface area contributed by atoms with Crippen molar-refractivity contribution in [2.24, 2.45) is 4.99 Å². The molecule has 0 aromatic heterocycles. The van der Waals surface area contributed by atoms with Crippen LogP contribution >= 0.6 is 0 Å². The van der Waals surface area contributed by atoms with E-state index in [1.54, 1.807) is 0 Å². The largest absolute Gasteiger partial charge is 0.258 e. The van der Waals surface area contributed by atoms with E-state index in [4.69, 9.17) is 0 Å². The van der Waals surface area contributed by atoms with Gasteiger partial charge in [0.2, 0.25) is 0 Å². The number of hydrogen-bond donors (Lipinski definition) is 0. The molecule has 0 spiro atoms. The molecule has 0 aliphatic rings. The van der Waals surface area contributed by atoms with Gasteiger partial charge in [0.15, 0.2) is 0 Å². The Hall–Kier alpha value is -1.37. The molecule has 0 bridgehead atoms. The summed E-state index contributed by atoms with van der Waals surface area (Å²) in [6.07, 6.45) is 1.87. The van der Waals surface area contributed by atoms with Crippen molar-refractivity contribution in [3.8, 4) is 0 Å². The minimum absolute atomic E-state index is 0.532. The molecule has 0 N–H and O–H groups in total. The molecule has 1 rings (SSSR count). The van der Waals surface area contributed by atoms with Gasteiger partial charge >= 0.3 is 0 Å². The Morgan fingerprint density at radius 1 is 1.31 bits per heavy atom. The molecule has 0 fully saturated rings. The van der Waals surface area contributed by atoms with Gasteiger partial charge in [-0.3, -0.25) is 4.99 Å². The molecule has 0 radical (unpaired) electrons. The SMILES string of the molecule is C=Cc1cc(C)c(C(C)C)cc1N=C(C)C. The molecule has 0 aliphatic carbocycles. The van der Waals surface area contributed by atoms with Crippen molar-refractivity contribution >= 4 is 17.5 Å². The number of aliphatic imine (C=N–C) groups is 1. The molecule has 86 valence electrons. The zero-order chi connectivity index (χ0) is 12.3. The van der Waals surface area contributed by atoms with Gasteiger partial charge in [-0.2, -0.15) is 0 Å². The first-order chi connectivity index (χ1) is 7.45. The second-order valence-electron chi connectivity index (χ2n) is 4.69. The summed E-state index contributed by atoms with van der Waals surface area (Å²) < 4.78 is 0. The third kappa shape index (κ3) is 2.82. The molecule has 1 heteroatoms. The average Bonchev–Trinajstić information content (AvgIpc) is 2.18. The molecule has 16 heavy (non-hydrogen) atoms. The van der Waals surface area contributed by atoms with Crippen LogP contribution in [0.15, 0.2) is 23.7 Å². The van der Waals surface area contributed by atoms with Gasteiger partial charge < -0.3 is 0 Å². The zero-order valence-electron chi connectivity index (χ0n) is 11.0. The standard InChI is InChI=1S/C15H21N/c1-7-13-8-12(6)14(10(2)3)9-15(13)16-11(4)5/h7-10H,1H2,2-6H3. The monoisotopic (exact) mass is 215 g/mol. The maximum absolute atomic E-state index is 4.56. The van der Waals surface area contributed by atoms with Gasteiger partial charge in [-0.1, -0.05) is 26.5 Å². The normalized spacial score (nSPS) is 10.4. The number of hydrogen-bond acceptors (Lipinski definition) is 1. The molecule has 0 heterocycles. The first-order valence-corrected chi connectivity index (χ1v) is 5.74. The molecular weight excluding hydrogens is 194 g/mol. The highest BCUT2D eigenvalue weighted by Crippen LogP contribution is 2.29. The Labute approximate surface area is 98.9 Å². The lowest BCUT2D eigenvalue weighted by Crippen LogP contribution is -1.93. The summed E-state index contributed by atoms with van der Waals surface area (Å²) in [4.78, 5) is 4.56. The van der Waals surface area contributed by atoms with Gasteiger partial charge in [-0.25, -0.2) is 0 Å². The zero-order valence-corrected chi connectivity index (χ0v) is 11.0. The van der Waals surface area contributed by atoms with Gasteiger partial charge in [-0.05, 0) is 55.5 Å². The van der Waals surface area contributed by atoms with Crippen LogP contribution in [-0.2, 0) is 0 Å². The van der Waals surface area contributed by atoms with Gasteiger partial charge in [0.05, 0.1) is 5.69 Å². The van der Waals surface area contributed by atoms with Crippen molar-refractivity contribution < 1.29 is 0 Å². The maximum Gasteiger partial charge on any atom is 0.0703 e. The fraction of sp³-hybridized carbons (Fsp3) is 0.400. The number of rotatable bonds is 3. The summed E-state index contributed by atoms with van der Waals surface area (Å²) in [5.41, 5.74) is 5.90. The minimum atomic E-state index is 0.532. The number of nitrogens with zero attached hydrogens (tertiary/aromatic N) is 1. The first kappa shape index (κ1) is 12.7. The van der Waals surface area contributed by atoms with Gasteiger partial charge in [-0.15, -0.1) is 0 Å². The van der Waals surface area contributed by atoms with Crippen LogP contribution in [0.3, 0.4) is 0 Å². The molecule has 0 aliphatic heterocycles. The van der Waals surface area contributed by atoms with E-state index in [9.17, 15) is 0 Å². The van der Waals surface area contributed by atoms with Crippen molar-refractivity contribution in [1.82, 2.24) is 0 Å². The Morgan fingerprint density at radius 2 is 1.94 bits per heavy atom. The van der Waals surface area contributed by atoms with E-state index in [0.717, 1.165) is 17.0 Å². The van der Waals surface area contributed by atoms with Crippen molar-refractivity contribution in [3.63, 3.8) is 0 Å². The van der Waals surface area contributed by atoms with Crippen LogP contribution in [0, 0.1) is 6.92 Å². The quantitative estimate of drug-likeness (QED) is 0.638. The third-order valence-corrected chi connectivity index (χ3v) is 2.60. The second-order valence-corrected chi connectivity index (χ2v) is 4.69. The van der Waals surface area contributed by atoms with Crippen LogP contribution in [0.2, 0.25) is 0 Å². The molecular formula is C15H21N. The molecule has 1 nitrogen and oxygen atoms in total. The smallest absolute Gasteiger partial charge is 0.0703 e. The Bertz CT molecular complexity index is 421. The van der Waals surface area contributed by atoms with Gasteiger partial charge in [0.25, 0.3) is 0 Å². The van der Waals surface area contributed by atoms with E-state index in [1.165, 1.54) is 11.1 Å². The molecule has 0 amide bonds. The summed E-state index contributed by atoms with van der Waals surface area (Å²) in [5, 5.41) is 0. The minimum Gasteiger partial charge on any atom is -0.258 e. The Balaban J connectivity index is 3.40. The highest BCUT2D eigenvalue weighted by molar-refractivity contribution is 5.84. The number of aryl methyl sites for hydroxylation is 1. The third-order valence-electron chi connectivity index (χ3n) is 2.60. The molecule has 0 saturated heterocycles. The van der Waals surface area contributed by atoms with Crippen molar-refractivity contribution in [2.45, 2.75) is 40.5 Å². The fourth-order valence-electron chi connectivity index (χ4n) is 1.86. The summed E-state index contributed by atoms with van der Waals surface area (Å²) >= 11 is 0. The molecule has 1 aromatic rings. The highest BCUT2D eigenvalue weighted by atomic mass is 14.7. The van der Waals surface area contributed by atoms with Crippen LogP contribution in [0.25, 0.3) is 6.08 Å². The van der Waals surface area contributed by atoms with Gasteiger partial charge in [0.1, 0.15) is 0 Å². The fourth-order valence-corrected chi connectivity index (χ4v) is 1.86. The highest BCUT2D eigenvalue weighted by Gasteiger charge is 2.07. The molecule has 0 saturated carbocycles. The summed E-state index contributed by atoms with van der Waals surface area (Å²) in [6.45, 7) is 14.4. The van der Waals surface area contributed by atoms with E-state index in [-0.39, 0.29) is 0 Å². The molecule has 0 unspecified atom stereocenters. The predicted molar refractivity (Wildman–Crippen MR) is 73.8 cm³/mol.